The van der Waals surface area contributed by atoms with Gasteiger partial charge in [0.25, 0.3) is 0 Å². The molecule has 0 bridgehead atoms. The predicted octanol–water partition coefficient (Wildman–Crippen LogP) is 3.03. The minimum Gasteiger partial charge on any atom is -0.330 e. The van der Waals surface area contributed by atoms with E-state index in [4.69, 9.17) is 17.3 Å². The molecule has 0 spiro atoms. The predicted molar refractivity (Wildman–Crippen MR) is 56.0 cm³/mol. The van der Waals surface area contributed by atoms with Crippen molar-refractivity contribution in [2.24, 2.45) is 5.73 Å². The summed E-state index contributed by atoms with van der Waals surface area (Å²) in [6.45, 7) is 5.06. The third-order valence-corrected chi connectivity index (χ3v) is 3.29. The summed E-state index contributed by atoms with van der Waals surface area (Å²) in [4.78, 5) is 0. The van der Waals surface area contributed by atoms with Gasteiger partial charge in [0, 0.05) is 0 Å². The van der Waals surface area contributed by atoms with Crippen LogP contribution in [0.25, 0.3) is 0 Å². The molecule has 0 fully saturated rings. The molecule has 1 rings (SSSR count). The van der Waals surface area contributed by atoms with Gasteiger partial charge in [0.1, 0.15) is 0 Å². The second kappa shape index (κ2) is 3.77. The fraction of sp³-hybridized carbons (Fsp3) is 0.556. The highest BCUT2D eigenvalue weighted by Gasteiger charge is 2.22. The number of thiophene rings is 1. The zero-order valence-electron chi connectivity index (χ0n) is 7.43. The van der Waals surface area contributed by atoms with Gasteiger partial charge in [-0.1, -0.05) is 25.4 Å². The fourth-order valence-electron chi connectivity index (χ4n) is 1.28. The van der Waals surface area contributed by atoms with Crippen LogP contribution < -0.4 is 5.73 Å². The smallest absolute Gasteiger partial charge is 0.0965 e. The topological polar surface area (TPSA) is 26.0 Å². The first kappa shape index (κ1) is 10.0. The molecule has 0 aromatic carbocycles. The highest BCUT2D eigenvalue weighted by Crippen LogP contribution is 2.35. The molecule has 0 aliphatic rings. The molecular weight excluding hydrogens is 190 g/mol. The SMILES string of the molecule is CC(C)(CCN)c1ccsc1Cl. The summed E-state index contributed by atoms with van der Waals surface area (Å²) in [6, 6.07) is 2.09. The Bertz CT molecular complexity index is 255. The van der Waals surface area contributed by atoms with E-state index in [-0.39, 0.29) is 5.41 Å². The van der Waals surface area contributed by atoms with Crippen LogP contribution in [0.3, 0.4) is 0 Å². The summed E-state index contributed by atoms with van der Waals surface area (Å²) in [5.74, 6) is 0. The first-order valence-corrected chi connectivity index (χ1v) is 5.27. The first-order valence-electron chi connectivity index (χ1n) is 4.01. The maximum Gasteiger partial charge on any atom is 0.0965 e. The van der Waals surface area contributed by atoms with E-state index in [9.17, 15) is 0 Å². The van der Waals surface area contributed by atoms with Crippen molar-refractivity contribution in [2.75, 3.05) is 6.54 Å². The maximum atomic E-state index is 6.04. The molecule has 1 heterocycles. The molecule has 0 saturated carbocycles. The highest BCUT2D eigenvalue weighted by molar-refractivity contribution is 7.14. The lowest BCUT2D eigenvalue weighted by Crippen LogP contribution is -2.21. The number of nitrogens with two attached hydrogens (primary N) is 1. The molecule has 0 aliphatic carbocycles. The number of halogens is 1. The van der Waals surface area contributed by atoms with Gasteiger partial charge in [0.05, 0.1) is 4.34 Å². The van der Waals surface area contributed by atoms with Crippen molar-refractivity contribution >= 4 is 22.9 Å². The Morgan fingerprint density at radius 1 is 1.58 bits per heavy atom. The summed E-state index contributed by atoms with van der Waals surface area (Å²) >= 11 is 7.62. The number of hydrogen-bond acceptors (Lipinski definition) is 2. The fourth-order valence-corrected chi connectivity index (χ4v) is 2.55. The molecule has 1 nitrogen and oxygen atoms in total. The zero-order valence-corrected chi connectivity index (χ0v) is 9.00. The van der Waals surface area contributed by atoms with E-state index in [0.717, 1.165) is 10.8 Å². The van der Waals surface area contributed by atoms with E-state index >= 15 is 0 Å². The van der Waals surface area contributed by atoms with Crippen molar-refractivity contribution in [2.45, 2.75) is 25.7 Å². The van der Waals surface area contributed by atoms with Gasteiger partial charge in [-0.05, 0) is 35.4 Å². The highest BCUT2D eigenvalue weighted by atomic mass is 35.5. The van der Waals surface area contributed by atoms with Crippen molar-refractivity contribution in [1.29, 1.82) is 0 Å². The van der Waals surface area contributed by atoms with Crippen molar-refractivity contribution in [3.63, 3.8) is 0 Å². The molecule has 1 aromatic heterocycles. The van der Waals surface area contributed by atoms with Gasteiger partial charge in [-0.25, -0.2) is 0 Å². The Labute approximate surface area is 82.5 Å². The molecule has 12 heavy (non-hydrogen) atoms. The summed E-state index contributed by atoms with van der Waals surface area (Å²) in [6.07, 6.45) is 0.976. The molecule has 0 radical (unpaired) electrons. The second-order valence-corrected chi connectivity index (χ2v) is 5.05. The monoisotopic (exact) mass is 203 g/mol. The Morgan fingerprint density at radius 2 is 2.25 bits per heavy atom. The van der Waals surface area contributed by atoms with E-state index < -0.39 is 0 Å². The second-order valence-electron chi connectivity index (χ2n) is 3.53. The van der Waals surface area contributed by atoms with E-state index in [1.807, 2.05) is 5.38 Å². The van der Waals surface area contributed by atoms with Crippen molar-refractivity contribution < 1.29 is 0 Å². The number of hydrogen-bond donors (Lipinski definition) is 1. The van der Waals surface area contributed by atoms with Crippen LogP contribution in [0.2, 0.25) is 4.34 Å². The third kappa shape index (κ3) is 2.00. The summed E-state index contributed by atoms with van der Waals surface area (Å²) < 4.78 is 0.897. The van der Waals surface area contributed by atoms with Crippen LogP contribution in [0.15, 0.2) is 11.4 Å². The number of rotatable bonds is 3. The van der Waals surface area contributed by atoms with Crippen LogP contribution in [-0.4, -0.2) is 6.54 Å². The van der Waals surface area contributed by atoms with Gasteiger partial charge in [0.2, 0.25) is 0 Å². The lowest BCUT2D eigenvalue weighted by Gasteiger charge is -2.23. The summed E-state index contributed by atoms with van der Waals surface area (Å²) in [5, 5.41) is 2.02. The van der Waals surface area contributed by atoms with E-state index in [1.54, 1.807) is 11.3 Å². The molecule has 0 atom stereocenters. The quantitative estimate of drug-likeness (QED) is 0.803. The van der Waals surface area contributed by atoms with Crippen molar-refractivity contribution in [3.8, 4) is 0 Å². The molecule has 0 saturated heterocycles. The van der Waals surface area contributed by atoms with E-state index in [2.05, 4.69) is 19.9 Å². The standard InChI is InChI=1S/C9H14ClNS/c1-9(2,4-5-11)7-3-6-12-8(7)10/h3,6H,4-5,11H2,1-2H3. The van der Waals surface area contributed by atoms with Crippen molar-refractivity contribution in [1.82, 2.24) is 0 Å². The van der Waals surface area contributed by atoms with Gasteiger partial charge < -0.3 is 5.73 Å². The van der Waals surface area contributed by atoms with Gasteiger partial charge >= 0.3 is 0 Å². The molecule has 0 unspecified atom stereocenters. The van der Waals surface area contributed by atoms with Crippen molar-refractivity contribution in [3.05, 3.63) is 21.3 Å². The minimum absolute atomic E-state index is 0.117. The third-order valence-electron chi connectivity index (χ3n) is 2.12. The average molecular weight is 204 g/mol. The summed E-state index contributed by atoms with van der Waals surface area (Å²) in [5.41, 5.74) is 6.87. The largest absolute Gasteiger partial charge is 0.330 e. The first-order chi connectivity index (χ1) is 5.58. The van der Waals surface area contributed by atoms with Crippen LogP contribution in [-0.2, 0) is 5.41 Å². The molecule has 68 valence electrons. The van der Waals surface area contributed by atoms with Gasteiger partial charge in [-0.3, -0.25) is 0 Å². The lowest BCUT2D eigenvalue weighted by atomic mass is 9.83. The van der Waals surface area contributed by atoms with Crippen LogP contribution in [0.1, 0.15) is 25.8 Å². The van der Waals surface area contributed by atoms with Crippen LogP contribution >= 0.6 is 22.9 Å². The Morgan fingerprint density at radius 3 is 2.67 bits per heavy atom. The van der Waals surface area contributed by atoms with Gasteiger partial charge in [-0.15, -0.1) is 11.3 Å². The minimum atomic E-state index is 0.117. The molecule has 1 aromatic rings. The Kier molecular flexibility index (Phi) is 3.16. The molecular formula is C9H14ClNS. The van der Waals surface area contributed by atoms with Crippen LogP contribution in [0, 0.1) is 0 Å². The van der Waals surface area contributed by atoms with Gasteiger partial charge in [0.15, 0.2) is 0 Å². The average Bonchev–Trinajstić information content (AvgIpc) is 2.35. The summed E-state index contributed by atoms with van der Waals surface area (Å²) in [7, 11) is 0. The molecule has 2 N–H and O–H groups in total. The molecule has 3 heteroatoms. The normalized spacial score (nSPS) is 12.0. The Balaban J connectivity index is 2.88. The maximum absolute atomic E-state index is 6.04. The van der Waals surface area contributed by atoms with Crippen LogP contribution in [0.4, 0.5) is 0 Å². The lowest BCUT2D eigenvalue weighted by molar-refractivity contribution is 0.489. The zero-order chi connectivity index (χ0) is 9.19. The molecule has 0 amide bonds. The van der Waals surface area contributed by atoms with E-state index in [0.29, 0.717) is 6.54 Å². The molecule has 0 aliphatic heterocycles. The van der Waals surface area contributed by atoms with Gasteiger partial charge in [-0.2, -0.15) is 0 Å². The van der Waals surface area contributed by atoms with E-state index in [1.165, 1.54) is 5.56 Å². The van der Waals surface area contributed by atoms with Crippen LogP contribution in [0.5, 0.6) is 0 Å². The Hall–Kier alpha value is -0.0500.